The molecule has 1 aromatic heterocycles. The Morgan fingerprint density at radius 1 is 1.45 bits per heavy atom. The van der Waals surface area contributed by atoms with Crippen LogP contribution in [-0.4, -0.2) is 34.0 Å². The molecule has 1 aliphatic heterocycles. The Hall–Kier alpha value is -1.23. The molecule has 0 aromatic carbocycles. The zero-order valence-corrected chi connectivity index (χ0v) is 12.2. The second kappa shape index (κ2) is 4.95. The predicted molar refractivity (Wildman–Crippen MR) is 74.9 cm³/mol. The van der Waals surface area contributed by atoms with Crippen LogP contribution < -0.4 is 4.90 Å². The molecule has 6 heteroatoms. The average molecular weight is 298 g/mol. The molecule has 1 fully saturated rings. The number of aromatic nitrogens is 2. The van der Waals surface area contributed by atoms with Crippen LogP contribution >= 0.6 is 11.6 Å². The molecule has 20 heavy (non-hydrogen) atoms. The first-order valence-corrected chi connectivity index (χ1v) is 7.35. The highest BCUT2D eigenvalue weighted by molar-refractivity contribution is 6.28. The van der Waals surface area contributed by atoms with Gasteiger partial charge in [0.05, 0.1) is 6.54 Å². The van der Waals surface area contributed by atoms with Gasteiger partial charge in [0.15, 0.2) is 11.5 Å². The fourth-order valence-electron chi connectivity index (χ4n) is 3.11. The largest absolute Gasteiger partial charge is 0.350 e. The number of nitrogens with zero attached hydrogens (tertiary/aromatic N) is 3. The lowest BCUT2D eigenvalue weighted by atomic mass is 9.99. The molecule has 1 unspecified atom stereocenters. The summed E-state index contributed by atoms with van der Waals surface area (Å²) in [5.41, 5.74) is -1.18. The van der Waals surface area contributed by atoms with Gasteiger partial charge >= 0.3 is 0 Å². The second-order valence-corrected chi connectivity index (χ2v) is 6.19. The van der Waals surface area contributed by atoms with E-state index in [1.165, 1.54) is 6.92 Å². The fraction of sp³-hybridized carbons (Fsp3) is 0.643. The summed E-state index contributed by atoms with van der Waals surface area (Å²) in [4.78, 5) is 22.2. The first-order valence-electron chi connectivity index (χ1n) is 6.97. The number of rotatable bonds is 1. The van der Waals surface area contributed by atoms with Crippen LogP contribution in [-0.2, 0) is 11.2 Å². The molecule has 0 radical (unpaired) electrons. The molecule has 0 spiro atoms. The van der Waals surface area contributed by atoms with Crippen LogP contribution in [0.15, 0.2) is 6.20 Å². The van der Waals surface area contributed by atoms with E-state index in [0.717, 1.165) is 25.7 Å². The molecule has 108 valence electrons. The number of Topliss-reactive ketones (excluding diaryl/α,β-unsaturated/α-hetero) is 1. The quantitative estimate of drug-likeness (QED) is 0.748. The molecule has 1 aliphatic carbocycles. The Kier molecular flexibility index (Phi) is 3.40. The van der Waals surface area contributed by atoms with Crippen molar-refractivity contribution in [1.82, 2.24) is 9.97 Å². The number of ketones is 1. The van der Waals surface area contributed by atoms with Gasteiger partial charge in [0, 0.05) is 24.2 Å². The van der Waals surface area contributed by atoms with Crippen molar-refractivity contribution in [3.63, 3.8) is 0 Å². The van der Waals surface area contributed by atoms with Gasteiger partial charge in [0.2, 0.25) is 5.28 Å². The molecule has 0 saturated heterocycles. The molecule has 2 aliphatic rings. The molecule has 2 heterocycles. The van der Waals surface area contributed by atoms with Crippen LogP contribution in [0.4, 0.5) is 10.2 Å². The maximum atomic E-state index is 14.6. The van der Waals surface area contributed by atoms with Crippen LogP contribution in [0.5, 0.6) is 0 Å². The first-order chi connectivity index (χ1) is 9.47. The smallest absolute Gasteiger partial charge is 0.224 e. The molecule has 1 saturated carbocycles. The summed E-state index contributed by atoms with van der Waals surface area (Å²) in [6.45, 7) is 1.41. The second-order valence-electron chi connectivity index (χ2n) is 5.85. The van der Waals surface area contributed by atoms with Crippen LogP contribution in [0.25, 0.3) is 0 Å². The molecule has 1 atom stereocenters. The van der Waals surface area contributed by atoms with Crippen molar-refractivity contribution in [2.45, 2.75) is 50.7 Å². The normalized spacial score (nSPS) is 27.6. The number of hydrogen-bond donors (Lipinski definition) is 0. The van der Waals surface area contributed by atoms with Gasteiger partial charge in [-0.3, -0.25) is 4.79 Å². The third-order valence-electron chi connectivity index (χ3n) is 4.25. The van der Waals surface area contributed by atoms with E-state index in [9.17, 15) is 9.18 Å². The lowest BCUT2D eigenvalue weighted by Gasteiger charge is -2.33. The molecule has 3 rings (SSSR count). The number of anilines is 1. The number of carbonyl (C=O) groups excluding carboxylic acids is 1. The minimum atomic E-state index is -1.85. The van der Waals surface area contributed by atoms with Gasteiger partial charge in [-0.1, -0.05) is 12.8 Å². The fourth-order valence-corrected chi connectivity index (χ4v) is 3.24. The maximum absolute atomic E-state index is 14.6. The Balaban J connectivity index is 2.06. The first kappa shape index (κ1) is 13.7. The van der Waals surface area contributed by atoms with E-state index in [0.29, 0.717) is 11.4 Å². The van der Waals surface area contributed by atoms with Crippen LogP contribution in [0.3, 0.4) is 0 Å². The molecule has 0 amide bonds. The Labute approximate surface area is 122 Å². The minimum absolute atomic E-state index is 0.0305. The number of alkyl halides is 1. The zero-order chi connectivity index (χ0) is 14.3. The average Bonchev–Trinajstić information content (AvgIpc) is 2.89. The topological polar surface area (TPSA) is 46.1 Å². The van der Waals surface area contributed by atoms with Crippen molar-refractivity contribution in [2.75, 3.05) is 11.4 Å². The molecule has 1 aromatic rings. The van der Waals surface area contributed by atoms with Crippen molar-refractivity contribution in [3.8, 4) is 0 Å². The molecule has 4 nitrogen and oxygen atoms in total. The van der Waals surface area contributed by atoms with Gasteiger partial charge in [0.25, 0.3) is 0 Å². The van der Waals surface area contributed by atoms with Crippen molar-refractivity contribution < 1.29 is 9.18 Å². The van der Waals surface area contributed by atoms with E-state index >= 15 is 0 Å². The van der Waals surface area contributed by atoms with Gasteiger partial charge in [-0.15, -0.1) is 0 Å². The highest BCUT2D eigenvalue weighted by Crippen LogP contribution is 2.35. The van der Waals surface area contributed by atoms with Crippen molar-refractivity contribution >= 4 is 23.2 Å². The molecule has 0 N–H and O–H groups in total. The summed E-state index contributed by atoms with van der Waals surface area (Å²) >= 11 is 5.88. The van der Waals surface area contributed by atoms with Gasteiger partial charge in [-0.05, 0) is 31.4 Å². The van der Waals surface area contributed by atoms with E-state index in [2.05, 4.69) is 9.97 Å². The lowest BCUT2D eigenvalue weighted by molar-refractivity contribution is -0.128. The predicted octanol–water partition coefficient (Wildman–Crippen LogP) is 2.73. The van der Waals surface area contributed by atoms with E-state index < -0.39 is 11.5 Å². The van der Waals surface area contributed by atoms with Gasteiger partial charge < -0.3 is 4.90 Å². The molecule has 0 bridgehead atoms. The molecular formula is C14H17ClFN3O. The third-order valence-corrected chi connectivity index (χ3v) is 4.43. The maximum Gasteiger partial charge on any atom is 0.224 e. The summed E-state index contributed by atoms with van der Waals surface area (Å²) in [5, 5.41) is 0.140. The Bertz CT molecular complexity index is 543. The number of hydrogen-bond acceptors (Lipinski definition) is 4. The highest BCUT2D eigenvalue weighted by atomic mass is 35.5. The number of halogens is 2. The van der Waals surface area contributed by atoms with E-state index in [4.69, 9.17) is 11.6 Å². The van der Waals surface area contributed by atoms with Gasteiger partial charge in [-0.2, -0.15) is 0 Å². The van der Waals surface area contributed by atoms with Crippen LogP contribution in [0.2, 0.25) is 5.28 Å². The Morgan fingerprint density at radius 3 is 2.85 bits per heavy atom. The third kappa shape index (κ3) is 2.39. The van der Waals surface area contributed by atoms with Gasteiger partial charge in [0.1, 0.15) is 5.82 Å². The minimum Gasteiger partial charge on any atom is -0.350 e. The lowest BCUT2D eigenvalue weighted by Crippen LogP contribution is -2.46. The molecular weight excluding hydrogens is 281 g/mol. The SMILES string of the molecule is CC1(F)CN(C2CCCC2)c2nc(Cl)ncc2CC1=O. The number of carbonyl (C=O) groups is 1. The summed E-state index contributed by atoms with van der Waals surface area (Å²) in [6, 6.07) is 0.237. The van der Waals surface area contributed by atoms with E-state index in [1.807, 2.05) is 4.90 Å². The van der Waals surface area contributed by atoms with E-state index in [-0.39, 0.29) is 24.3 Å². The Morgan fingerprint density at radius 2 is 2.15 bits per heavy atom. The van der Waals surface area contributed by atoms with Gasteiger partial charge in [-0.25, -0.2) is 14.4 Å². The zero-order valence-electron chi connectivity index (χ0n) is 11.4. The van der Waals surface area contributed by atoms with E-state index in [1.54, 1.807) is 6.20 Å². The number of fused-ring (bicyclic) bond motifs is 1. The van der Waals surface area contributed by atoms with Crippen LogP contribution in [0.1, 0.15) is 38.2 Å². The monoisotopic (exact) mass is 297 g/mol. The van der Waals surface area contributed by atoms with Crippen molar-refractivity contribution in [1.29, 1.82) is 0 Å². The highest BCUT2D eigenvalue weighted by Gasteiger charge is 2.41. The van der Waals surface area contributed by atoms with Crippen molar-refractivity contribution in [3.05, 3.63) is 17.0 Å². The van der Waals surface area contributed by atoms with Crippen LogP contribution in [0, 0.1) is 0 Å². The standard InChI is InChI=1S/C14H17ClFN3O/c1-14(16)8-19(10-4-2-3-5-10)12-9(6-11(14)20)7-17-13(15)18-12/h7,10H,2-6,8H2,1H3. The summed E-state index contributed by atoms with van der Waals surface area (Å²) < 4.78 is 14.6. The van der Waals surface area contributed by atoms with Crippen molar-refractivity contribution in [2.24, 2.45) is 0 Å². The summed E-state index contributed by atoms with van der Waals surface area (Å²) in [5.74, 6) is 0.219. The summed E-state index contributed by atoms with van der Waals surface area (Å²) in [6.07, 6.45) is 5.85. The summed E-state index contributed by atoms with van der Waals surface area (Å²) in [7, 11) is 0.